The first-order chi connectivity index (χ1) is 17.9. The van der Waals surface area contributed by atoms with Crippen LogP contribution in [0.1, 0.15) is 51.5 Å². The number of unbranched alkanes of at least 4 members (excludes halogenated alkanes) is 1. The number of phenols is 1. The molecule has 0 heterocycles. The smallest absolute Gasteiger partial charge is 0.326 e. The van der Waals surface area contributed by atoms with Gasteiger partial charge in [-0.05, 0) is 49.4 Å². The predicted molar refractivity (Wildman–Crippen MR) is 139 cm³/mol. The number of rotatable bonds is 17. The predicted octanol–water partition coefficient (Wildman–Crippen LogP) is -1.15. The summed E-state index contributed by atoms with van der Waals surface area (Å²) in [6.45, 7) is 4.03. The largest absolute Gasteiger partial charge is 0.508 e. The lowest BCUT2D eigenvalue weighted by Crippen LogP contribution is -2.58. The van der Waals surface area contributed by atoms with Crippen molar-refractivity contribution in [1.29, 1.82) is 0 Å². The van der Waals surface area contributed by atoms with Gasteiger partial charge >= 0.3 is 5.97 Å². The molecule has 0 saturated carbocycles. The Morgan fingerprint density at radius 1 is 0.895 bits per heavy atom. The van der Waals surface area contributed by atoms with Gasteiger partial charge in [-0.2, -0.15) is 0 Å². The first kappa shape index (κ1) is 32.3. The number of nitrogens with one attached hydrogen (secondary N) is 3. The van der Waals surface area contributed by atoms with Gasteiger partial charge < -0.3 is 43.4 Å². The fourth-order valence-corrected chi connectivity index (χ4v) is 3.56. The molecule has 1 rings (SSSR count). The fourth-order valence-electron chi connectivity index (χ4n) is 3.56. The standard InChI is InChI=1S/C25H40N6O7/c1-3-14(2)21(28)24(36)30-18(12-15-7-9-16(32)10-8-15)23(35)29-17(6-4-5-11-26)22(34)31-19(25(37)38)13-20(27)33/h7-10,14,17-19,21,32H,3-6,11-13,26,28H2,1-2H3,(H2,27,33)(H,29,35)(H,30,36)(H,31,34)(H,37,38). The molecular weight excluding hydrogens is 496 g/mol. The average molecular weight is 537 g/mol. The van der Waals surface area contributed by atoms with E-state index in [2.05, 4.69) is 16.0 Å². The minimum atomic E-state index is -1.57. The van der Waals surface area contributed by atoms with Gasteiger partial charge in [0.15, 0.2) is 0 Å². The number of nitrogens with two attached hydrogens (primary N) is 3. The molecule has 5 unspecified atom stereocenters. The molecule has 0 saturated heterocycles. The van der Waals surface area contributed by atoms with E-state index in [9.17, 15) is 34.2 Å². The van der Waals surface area contributed by atoms with E-state index in [4.69, 9.17) is 17.2 Å². The van der Waals surface area contributed by atoms with Crippen molar-refractivity contribution in [2.75, 3.05) is 6.54 Å². The maximum absolute atomic E-state index is 13.3. The summed E-state index contributed by atoms with van der Waals surface area (Å²) < 4.78 is 0. The summed E-state index contributed by atoms with van der Waals surface area (Å²) in [6, 6.07) is 1.29. The quantitative estimate of drug-likeness (QED) is 0.112. The lowest BCUT2D eigenvalue weighted by Gasteiger charge is -2.26. The third kappa shape index (κ3) is 11.1. The van der Waals surface area contributed by atoms with Crippen LogP contribution in [0.15, 0.2) is 24.3 Å². The fraction of sp³-hybridized carbons (Fsp3) is 0.560. The van der Waals surface area contributed by atoms with Gasteiger partial charge in [0, 0.05) is 6.42 Å². The van der Waals surface area contributed by atoms with Crippen LogP contribution < -0.4 is 33.2 Å². The van der Waals surface area contributed by atoms with E-state index in [0.29, 0.717) is 31.4 Å². The number of phenolic OH excluding ortho intramolecular Hbond substituents is 1. The molecule has 1 aromatic rings. The minimum Gasteiger partial charge on any atom is -0.508 e. The van der Waals surface area contributed by atoms with E-state index < -0.39 is 60.2 Å². The number of carbonyl (C=O) groups excluding carboxylic acids is 4. The van der Waals surface area contributed by atoms with E-state index in [0.717, 1.165) is 0 Å². The van der Waals surface area contributed by atoms with Gasteiger partial charge in [-0.1, -0.05) is 32.4 Å². The van der Waals surface area contributed by atoms with Crippen LogP contribution in [0.5, 0.6) is 5.75 Å². The molecule has 13 nitrogen and oxygen atoms in total. The Hall–Kier alpha value is -3.71. The number of carboxylic acid groups (broad SMARTS) is 1. The number of hydrogen-bond acceptors (Lipinski definition) is 8. The molecule has 0 aromatic heterocycles. The van der Waals surface area contributed by atoms with Gasteiger partial charge in [0.05, 0.1) is 12.5 Å². The molecule has 13 heteroatoms. The maximum Gasteiger partial charge on any atom is 0.326 e. The number of aliphatic carboxylic acids is 1. The van der Waals surface area contributed by atoms with E-state index in [1.54, 1.807) is 12.1 Å². The number of aromatic hydroxyl groups is 1. The van der Waals surface area contributed by atoms with Gasteiger partial charge in [-0.15, -0.1) is 0 Å². The summed E-state index contributed by atoms with van der Waals surface area (Å²) in [7, 11) is 0. The van der Waals surface area contributed by atoms with Crippen LogP contribution in [0, 0.1) is 5.92 Å². The van der Waals surface area contributed by atoms with E-state index in [1.165, 1.54) is 12.1 Å². The zero-order chi connectivity index (χ0) is 28.8. The van der Waals surface area contributed by atoms with Crippen LogP contribution in [0.2, 0.25) is 0 Å². The molecule has 4 amide bonds. The molecule has 0 fully saturated rings. The molecule has 5 atom stereocenters. The number of carbonyl (C=O) groups is 5. The Morgan fingerprint density at radius 2 is 1.45 bits per heavy atom. The van der Waals surface area contributed by atoms with Crippen molar-refractivity contribution in [3.63, 3.8) is 0 Å². The molecule has 38 heavy (non-hydrogen) atoms. The third-order valence-electron chi connectivity index (χ3n) is 6.17. The summed E-state index contributed by atoms with van der Waals surface area (Å²) in [5.41, 5.74) is 17.3. The molecule has 0 aliphatic heterocycles. The molecule has 11 N–H and O–H groups in total. The van der Waals surface area contributed by atoms with Gasteiger partial charge in [-0.3, -0.25) is 19.2 Å². The Bertz CT molecular complexity index is 956. The van der Waals surface area contributed by atoms with E-state index in [1.807, 2.05) is 13.8 Å². The second-order valence-corrected chi connectivity index (χ2v) is 9.26. The first-order valence-corrected chi connectivity index (χ1v) is 12.5. The molecule has 0 radical (unpaired) electrons. The van der Waals surface area contributed by atoms with E-state index >= 15 is 0 Å². The number of primary amides is 1. The SMILES string of the molecule is CCC(C)C(N)C(=O)NC(Cc1ccc(O)cc1)C(=O)NC(CCCCN)C(=O)NC(CC(N)=O)C(=O)O. The topological polar surface area (TPSA) is 240 Å². The highest BCUT2D eigenvalue weighted by atomic mass is 16.4. The minimum absolute atomic E-state index is 0.0261. The monoisotopic (exact) mass is 536 g/mol. The van der Waals surface area contributed by atoms with Gasteiger partial charge in [-0.25, -0.2) is 4.79 Å². The van der Waals surface area contributed by atoms with Crippen molar-refractivity contribution >= 4 is 29.6 Å². The number of hydrogen-bond donors (Lipinski definition) is 8. The van der Waals surface area contributed by atoms with Gasteiger partial charge in [0.2, 0.25) is 23.6 Å². The van der Waals surface area contributed by atoms with Crippen LogP contribution >= 0.6 is 0 Å². The second-order valence-electron chi connectivity index (χ2n) is 9.26. The Kier molecular flexibility index (Phi) is 13.8. The third-order valence-corrected chi connectivity index (χ3v) is 6.17. The maximum atomic E-state index is 13.3. The van der Waals surface area contributed by atoms with Crippen LogP contribution in [0.25, 0.3) is 0 Å². The Balaban J connectivity index is 3.17. The van der Waals surface area contributed by atoms with Crippen molar-refractivity contribution in [3.8, 4) is 5.75 Å². The number of benzene rings is 1. The molecule has 212 valence electrons. The summed E-state index contributed by atoms with van der Waals surface area (Å²) in [5.74, 6) is -4.57. The van der Waals surface area contributed by atoms with Crippen LogP contribution in [-0.2, 0) is 30.4 Å². The van der Waals surface area contributed by atoms with Gasteiger partial charge in [0.1, 0.15) is 23.9 Å². The number of amides is 4. The summed E-state index contributed by atoms with van der Waals surface area (Å²) >= 11 is 0. The molecule has 0 aliphatic rings. The summed E-state index contributed by atoms with van der Waals surface area (Å²) in [6.07, 6.45) is 1.16. The molecule has 1 aromatic carbocycles. The second kappa shape index (κ2) is 16.2. The Labute approximate surface area is 221 Å². The van der Waals surface area contributed by atoms with Crippen LogP contribution in [-0.4, -0.2) is 70.5 Å². The van der Waals surface area contributed by atoms with Crippen molar-refractivity contribution < 1.29 is 34.2 Å². The van der Waals surface area contributed by atoms with Crippen molar-refractivity contribution in [3.05, 3.63) is 29.8 Å². The zero-order valence-electron chi connectivity index (χ0n) is 21.8. The Morgan fingerprint density at radius 3 is 1.97 bits per heavy atom. The normalized spacial score (nSPS) is 14.8. The van der Waals surface area contributed by atoms with E-state index in [-0.39, 0.29) is 24.5 Å². The van der Waals surface area contributed by atoms with Crippen molar-refractivity contribution in [1.82, 2.24) is 16.0 Å². The number of carboxylic acids is 1. The average Bonchev–Trinajstić information content (AvgIpc) is 2.87. The highest BCUT2D eigenvalue weighted by Gasteiger charge is 2.31. The van der Waals surface area contributed by atoms with Crippen molar-refractivity contribution in [2.24, 2.45) is 23.1 Å². The highest BCUT2D eigenvalue weighted by Crippen LogP contribution is 2.13. The van der Waals surface area contributed by atoms with Gasteiger partial charge in [0.25, 0.3) is 0 Å². The highest BCUT2D eigenvalue weighted by molar-refractivity contribution is 5.95. The lowest BCUT2D eigenvalue weighted by molar-refractivity contribution is -0.143. The van der Waals surface area contributed by atoms with Crippen LogP contribution in [0.4, 0.5) is 0 Å². The molecule has 0 spiro atoms. The van der Waals surface area contributed by atoms with Crippen LogP contribution in [0.3, 0.4) is 0 Å². The summed E-state index contributed by atoms with van der Waals surface area (Å²) in [5, 5.41) is 26.4. The van der Waals surface area contributed by atoms with Crippen molar-refractivity contribution in [2.45, 2.75) is 76.5 Å². The lowest BCUT2D eigenvalue weighted by atomic mass is 9.98. The zero-order valence-corrected chi connectivity index (χ0v) is 21.8. The molecule has 0 aliphatic carbocycles. The summed E-state index contributed by atoms with van der Waals surface area (Å²) in [4.78, 5) is 61.8. The molecule has 0 bridgehead atoms. The first-order valence-electron chi connectivity index (χ1n) is 12.5. The molecular formula is C25H40N6O7.